The Morgan fingerprint density at radius 2 is 1.46 bits per heavy atom. The molecule has 2 fully saturated rings. The van der Waals surface area contributed by atoms with Gasteiger partial charge in [0, 0.05) is 41.9 Å². The molecule has 0 aliphatic carbocycles. The number of carbonyl (C=O) groups is 2. The van der Waals surface area contributed by atoms with Gasteiger partial charge in [-0.3, -0.25) is 14.5 Å². The van der Waals surface area contributed by atoms with Crippen LogP contribution in [0, 0.1) is 5.82 Å². The minimum Gasteiger partial charge on any atom is -0.369 e. The van der Waals surface area contributed by atoms with Crippen molar-refractivity contribution in [1.82, 2.24) is 4.90 Å². The van der Waals surface area contributed by atoms with Gasteiger partial charge in [-0.2, -0.15) is 0 Å². The zero-order valence-electron chi connectivity index (χ0n) is 14.9. The second kappa shape index (κ2) is 7.70. The summed E-state index contributed by atoms with van der Waals surface area (Å²) in [6.07, 6.45) is 0.138. The van der Waals surface area contributed by atoms with Crippen molar-refractivity contribution in [3.05, 3.63) is 58.3 Å². The molecule has 2 heterocycles. The van der Waals surface area contributed by atoms with Crippen molar-refractivity contribution in [2.45, 2.75) is 12.5 Å². The lowest BCUT2D eigenvalue weighted by Gasteiger charge is -2.38. The summed E-state index contributed by atoms with van der Waals surface area (Å²) in [4.78, 5) is 30.8. The van der Waals surface area contributed by atoms with Gasteiger partial charge in [0.2, 0.25) is 5.91 Å². The number of hydrogen-bond donors (Lipinski definition) is 0. The summed E-state index contributed by atoms with van der Waals surface area (Å²) in [7, 11) is 0. The number of rotatable bonds is 3. The lowest BCUT2D eigenvalue weighted by atomic mass is 10.1. The maximum Gasteiger partial charge on any atom is 0.251 e. The second-order valence-corrected chi connectivity index (χ2v) is 7.79. The van der Waals surface area contributed by atoms with Gasteiger partial charge in [0.1, 0.15) is 5.82 Å². The van der Waals surface area contributed by atoms with E-state index in [1.165, 1.54) is 17.0 Å². The van der Waals surface area contributed by atoms with Crippen LogP contribution < -0.4 is 9.80 Å². The van der Waals surface area contributed by atoms with Gasteiger partial charge < -0.3 is 4.90 Å². The minimum atomic E-state index is -0.486. The fourth-order valence-electron chi connectivity index (χ4n) is 3.78. The molecule has 146 valence electrons. The van der Waals surface area contributed by atoms with Gasteiger partial charge in [-0.05, 0) is 42.5 Å². The largest absolute Gasteiger partial charge is 0.369 e. The van der Waals surface area contributed by atoms with Gasteiger partial charge in [-0.15, -0.1) is 0 Å². The maximum atomic E-state index is 13.1. The Labute approximate surface area is 172 Å². The van der Waals surface area contributed by atoms with Crippen LogP contribution in [0.15, 0.2) is 42.5 Å². The third kappa shape index (κ3) is 3.72. The molecule has 2 saturated heterocycles. The average molecular weight is 422 g/mol. The molecule has 2 aromatic rings. The van der Waals surface area contributed by atoms with Crippen molar-refractivity contribution < 1.29 is 14.0 Å². The van der Waals surface area contributed by atoms with Crippen molar-refractivity contribution >= 4 is 46.4 Å². The van der Waals surface area contributed by atoms with Crippen molar-refractivity contribution in [2.75, 3.05) is 36.0 Å². The van der Waals surface area contributed by atoms with E-state index in [4.69, 9.17) is 23.2 Å². The highest BCUT2D eigenvalue weighted by Gasteiger charge is 2.43. The Balaban J connectivity index is 1.45. The highest BCUT2D eigenvalue weighted by atomic mass is 35.5. The molecular weight excluding hydrogens is 404 g/mol. The predicted molar refractivity (Wildman–Crippen MR) is 108 cm³/mol. The van der Waals surface area contributed by atoms with Crippen LogP contribution in [0.1, 0.15) is 6.42 Å². The molecule has 1 atom stereocenters. The van der Waals surface area contributed by atoms with Crippen LogP contribution in [0.5, 0.6) is 0 Å². The molecule has 28 heavy (non-hydrogen) atoms. The molecule has 2 aliphatic rings. The average Bonchev–Trinajstić information content (AvgIpc) is 2.96. The van der Waals surface area contributed by atoms with Crippen LogP contribution in [0.3, 0.4) is 0 Å². The first-order chi connectivity index (χ1) is 13.4. The Bertz CT molecular complexity index is 894. The summed E-state index contributed by atoms with van der Waals surface area (Å²) in [6.45, 7) is 2.69. The maximum absolute atomic E-state index is 13.1. The number of benzene rings is 2. The number of hydrogen-bond acceptors (Lipinski definition) is 4. The SMILES string of the molecule is O=C1C[C@@H](N2CCN(c3ccc(F)cc3)CC2)C(=O)N1c1cc(Cl)cc(Cl)c1. The number of amides is 2. The highest BCUT2D eigenvalue weighted by molar-refractivity contribution is 6.35. The summed E-state index contributed by atoms with van der Waals surface area (Å²) in [5.41, 5.74) is 1.35. The third-order valence-corrected chi connectivity index (χ3v) is 5.61. The van der Waals surface area contributed by atoms with Gasteiger partial charge in [-0.25, -0.2) is 9.29 Å². The molecule has 2 aliphatic heterocycles. The number of imide groups is 1. The van der Waals surface area contributed by atoms with E-state index in [1.54, 1.807) is 30.3 Å². The fraction of sp³-hybridized carbons (Fsp3) is 0.300. The first-order valence-corrected chi connectivity index (χ1v) is 9.75. The van der Waals surface area contributed by atoms with Gasteiger partial charge in [0.15, 0.2) is 0 Å². The summed E-state index contributed by atoms with van der Waals surface area (Å²) < 4.78 is 13.1. The molecular formula is C20H18Cl2FN3O2. The summed E-state index contributed by atoms with van der Waals surface area (Å²) in [6, 6.07) is 10.6. The number of nitrogens with zero attached hydrogens (tertiary/aromatic N) is 3. The molecule has 0 saturated carbocycles. The van der Waals surface area contributed by atoms with Gasteiger partial charge in [-0.1, -0.05) is 23.2 Å². The van der Waals surface area contributed by atoms with E-state index < -0.39 is 6.04 Å². The second-order valence-electron chi connectivity index (χ2n) is 6.91. The van der Waals surface area contributed by atoms with E-state index in [2.05, 4.69) is 4.90 Å². The Morgan fingerprint density at radius 3 is 2.07 bits per heavy atom. The molecule has 0 bridgehead atoms. The lowest BCUT2D eigenvalue weighted by Crippen LogP contribution is -2.52. The Morgan fingerprint density at radius 1 is 0.857 bits per heavy atom. The molecule has 5 nitrogen and oxygen atoms in total. The Hall–Kier alpha value is -2.15. The molecule has 0 aromatic heterocycles. The molecule has 4 rings (SSSR count). The minimum absolute atomic E-state index is 0.138. The van der Waals surface area contributed by atoms with Crippen molar-refractivity contribution in [3.63, 3.8) is 0 Å². The van der Waals surface area contributed by atoms with Crippen LogP contribution in [0.2, 0.25) is 10.0 Å². The Kier molecular flexibility index (Phi) is 5.27. The highest BCUT2D eigenvalue weighted by Crippen LogP contribution is 2.31. The standard InChI is InChI=1S/C20H18Cl2FN3O2/c21-13-9-14(22)11-17(10-13)26-19(27)12-18(20(26)28)25-7-5-24(6-8-25)16-3-1-15(23)2-4-16/h1-4,9-11,18H,5-8,12H2/t18-/m1/s1. The van der Waals surface area contributed by atoms with E-state index in [-0.39, 0.29) is 24.1 Å². The molecule has 0 radical (unpaired) electrons. The molecule has 0 spiro atoms. The van der Waals surface area contributed by atoms with Gasteiger partial charge in [0.25, 0.3) is 5.91 Å². The lowest BCUT2D eigenvalue weighted by molar-refractivity contribution is -0.123. The van der Waals surface area contributed by atoms with Crippen LogP contribution in [0.25, 0.3) is 0 Å². The van der Waals surface area contributed by atoms with Crippen LogP contribution in [-0.2, 0) is 9.59 Å². The van der Waals surface area contributed by atoms with Crippen LogP contribution >= 0.6 is 23.2 Å². The van der Waals surface area contributed by atoms with E-state index in [9.17, 15) is 14.0 Å². The molecule has 2 aromatic carbocycles. The molecule has 8 heteroatoms. The van der Waals surface area contributed by atoms with Crippen molar-refractivity contribution in [2.24, 2.45) is 0 Å². The topological polar surface area (TPSA) is 43.9 Å². The third-order valence-electron chi connectivity index (χ3n) is 5.18. The quantitative estimate of drug-likeness (QED) is 0.710. The number of piperazine rings is 1. The predicted octanol–water partition coefficient (Wildman–Crippen LogP) is 3.59. The molecule has 0 N–H and O–H groups in total. The van der Waals surface area contributed by atoms with Crippen molar-refractivity contribution in [3.8, 4) is 0 Å². The number of halogens is 3. The van der Waals surface area contributed by atoms with E-state index >= 15 is 0 Å². The first-order valence-electron chi connectivity index (χ1n) is 9.00. The van der Waals surface area contributed by atoms with Crippen LogP contribution in [-0.4, -0.2) is 48.9 Å². The van der Waals surface area contributed by atoms with Gasteiger partial charge >= 0.3 is 0 Å². The number of anilines is 2. The monoisotopic (exact) mass is 421 g/mol. The summed E-state index contributed by atoms with van der Waals surface area (Å²) >= 11 is 12.0. The zero-order chi connectivity index (χ0) is 19.8. The molecule has 2 amide bonds. The fourth-order valence-corrected chi connectivity index (χ4v) is 4.30. The van der Waals surface area contributed by atoms with E-state index in [0.717, 1.165) is 5.69 Å². The van der Waals surface area contributed by atoms with Crippen LogP contribution in [0.4, 0.5) is 15.8 Å². The smallest absolute Gasteiger partial charge is 0.251 e. The van der Waals surface area contributed by atoms with E-state index in [0.29, 0.717) is 41.9 Å². The normalized spacial score (nSPS) is 20.9. The number of carbonyl (C=O) groups excluding carboxylic acids is 2. The van der Waals surface area contributed by atoms with E-state index in [1.807, 2.05) is 4.90 Å². The zero-order valence-corrected chi connectivity index (χ0v) is 16.5. The van der Waals surface area contributed by atoms with Crippen molar-refractivity contribution in [1.29, 1.82) is 0 Å². The summed E-state index contributed by atoms with van der Waals surface area (Å²) in [5, 5.41) is 0.749. The first kappa shape index (κ1) is 19.2. The summed E-state index contributed by atoms with van der Waals surface area (Å²) in [5.74, 6) is -0.772. The molecule has 0 unspecified atom stereocenters. The van der Waals surface area contributed by atoms with Gasteiger partial charge in [0.05, 0.1) is 18.2 Å².